The summed E-state index contributed by atoms with van der Waals surface area (Å²) in [5.74, 6) is -0.724. The molecule has 0 aromatic rings. The van der Waals surface area contributed by atoms with Crippen molar-refractivity contribution in [2.24, 2.45) is 17.8 Å². The summed E-state index contributed by atoms with van der Waals surface area (Å²) in [5.41, 5.74) is 0.955. The van der Waals surface area contributed by atoms with Crippen LogP contribution in [-0.4, -0.2) is 94.4 Å². The number of esters is 1. The molecule has 0 aromatic carbocycles. The first-order valence-electron chi connectivity index (χ1n) is 20.9. The van der Waals surface area contributed by atoms with Crippen LogP contribution in [0.2, 0.25) is 0 Å². The zero-order valence-electron chi connectivity index (χ0n) is 34.0. The van der Waals surface area contributed by atoms with Gasteiger partial charge in [0, 0.05) is 30.8 Å². The van der Waals surface area contributed by atoms with Crippen LogP contribution < -0.4 is 0 Å². The summed E-state index contributed by atoms with van der Waals surface area (Å²) in [4.78, 5) is 23.9. The van der Waals surface area contributed by atoms with Crippen LogP contribution in [0.4, 0.5) is 0 Å². The van der Waals surface area contributed by atoms with Gasteiger partial charge in [0.2, 0.25) is 0 Å². The number of ether oxygens (including phenoxy) is 5. The summed E-state index contributed by atoms with van der Waals surface area (Å²) < 4.78 is 31.6. The smallest absolute Gasteiger partial charge is 0.331 e. The van der Waals surface area contributed by atoms with E-state index in [1.165, 1.54) is 6.08 Å². The summed E-state index contributed by atoms with van der Waals surface area (Å²) >= 11 is 0. The molecule has 2 fully saturated rings. The maximum atomic E-state index is 13.0. The van der Waals surface area contributed by atoms with Crippen LogP contribution in [0.3, 0.4) is 0 Å². The topological polar surface area (TPSA) is 141 Å². The van der Waals surface area contributed by atoms with E-state index < -0.39 is 42.5 Å². The van der Waals surface area contributed by atoms with Gasteiger partial charge in [0.05, 0.1) is 30.5 Å². The molecule has 6 heterocycles. The predicted octanol–water partition coefficient (Wildman–Crippen LogP) is 7.60. The van der Waals surface area contributed by atoms with Crippen LogP contribution in [0.25, 0.3) is 0 Å². The highest BCUT2D eigenvalue weighted by molar-refractivity contribution is 5.82. The summed E-state index contributed by atoms with van der Waals surface area (Å²) in [7, 11) is 0. The molecule has 6 aliphatic heterocycles. The van der Waals surface area contributed by atoms with E-state index in [-0.39, 0.29) is 60.8 Å². The van der Waals surface area contributed by atoms with Crippen molar-refractivity contribution in [1.29, 1.82) is 0 Å². The minimum Gasteiger partial charge on any atom is -0.481 e. The van der Waals surface area contributed by atoms with Crippen molar-refractivity contribution in [2.75, 3.05) is 0 Å². The first kappa shape index (κ1) is 44.5. The quantitative estimate of drug-likeness (QED) is 0.134. The Labute approximate surface area is 339 Å². The molecule has 0 aliphatic carbocycles. The van der Waals surface area contributed by atoms with E-state index >= 15 is 0 Å². The second-order valence-corrected chi connectivity index (χ2v) is 16.2. The van der Waals surface area contributed by atoms with E-state index in [1.807, 2.05) is 49.5 Å². The van der Waals surface area contributed by atoms with Crippen molar-refractivity contribution in [1.82, 2.24) is 0 Å². The lowest BCUT2D eigenvalue weighted by Gasteiger charge is -2.34. The standard InChI is InChI=1S/C47H64O10/c1-31(17-14-15-23-44(49)50)29-33(3)47-41-28-26-35(53-47)18-10-6-5-7-11-19-36(48)46(52)40-27-25-32(2)37(54-40)21-16-22-38-34(4)42-30-43(55-38)39(56-42)20-12-8-9-13-24-45(51)57-41/h6,8-13,16,19-20,22,24-29,31-32,34-43,46-48,52H,5,7,14-15,17-18,21,23,30H2,1-4H3,(H,49,50)/b9-8-,10-6+,19-11+,20-12+,22-16+,24-13-,33-29+/t31-,32-,34+,35+,36+,37-,38+,39-,40-,41-,42-,43-,46+,47+/m1/s1. The molecule has 7 bridgehead atoms. The van der Waals surface area contributed by atoms with Crippen LogP contribution in [0.5, 0.6) is 0 Å². The largest absolute Gasteiger partial charge is 0.481 e. The third kappa shape index (κ3) is 13.7. The summed E-state index contributed by atoms with van der Waals surface area (Å²) in [6.45, 7) is 8.34. The van der Waals surface area contributed by atoms with E-state index in [2.05, 4.69) is 57.2 Å². The molecular weight excluding hydrogens is 725 g/mol. The summed E-state index contributed by atoms with van der Waals surface area (Å²) in [5, 5.41) is 30.8. The Morgan fingerprint density at radius 1 is 0.772 bits per heavy atom. The molecule has 10 heteroatoms. The van der Waals surface area contributed by atoms with Crippen molar-refractivity contribution in [3.8, 4) is 0 Å². The molecule has 14 atom stereocenters. The molecule has 0 aromatic heterocycles. The molecule has 3 N–H and O–H groups in total. The second kappa shape index (κ2) is 22.5. The zero-order valence-corrected chi connectivity index (χ0v) is 34.0. The Morgan fingerprint density at radius 3 is 2.35 bits per heavy atom. The van der Waals surface area contributed by atoms with Crippen LogP contribution in [0, 0.1) is 17.8 Å². The molecule has 0 amide bonds. The number of aliphatic hydroxyl groups is 2. The number of aliphatic hydroxyl groups excluding tert-OH is 2. The molecule has 0 saturated carbocycles. The fourth-order valence-corrected chi connectivity index (χ4v) is 8.01. The number of carbonyl (C=O) groups is 2. The van der Waals surface area contributed by atoms with E-state index in [0.29, 0.717) is 25.7 Å². The summed E-state index contributed by atoms with van der Waals surface area (Å²) in [6, 6.07) is 0. The Bertz CT molecular complexity index is 1580. The van der Waals surface area contributed by atoms with Gasteiger partial charge in [0.1, 0.15) is 30.5 Å². The van der Waals surface area contributed by atoms with Gasteiger partial charge in [-0.05, 0) is 63.0 Å². The third-order valence-corrected chi connectivity index (χ3v) is 11.4. The van der Waals surface area contributed by atoms with E-state index in [9.17, 15) is 19.8 Å². The van der Waals surface area contributed by atoms with Gasteiger partial charge in [-0.2, -0.15) is 0 Å². The molecule has 10 nitrogen and oxygen atoms in total. The average molecular weight is 789 g/mol. The highest BCUT2D eigenvalue weighted by Crippen LogP contribution is 2.38. The van der Waals surface area contributed by atoms with Gasteiger partial charge in [-0.1, -0.05) is 118 Å². The van der Waals surface area contributed by atoms with E-state index in [1.54, 1.807) is 18.2 Å². The number of carboxylic acids is 1. The van der Waals surface area contributed by atoms with Crippen molar-refractivity contribution in [3.05, 3.63) is 109 Å². The van der Waals surface area contributed by atoms with Crippen molar-refractivity contribution >= 4 is 11.9 Å². The SMILES string of the molecule is C/C(=C\[C@H](C)CCCCC(=O)O)[C@@H]1O[C@@H]2C=C[C@H]1OC(=O)\C=C/C=C\C=C\[C@H]1O[C@@H]3C[C@H]1O[C@@H](/C=C/C[C@H]1O[C@H](C=C[C@H]1C)[C@@H](O)[C@@H](O)/C=C/CC/C=C/C2)[C@@H]3C. The van der Waals surface area contributed by atoms with Crippen LogP contribution in [0.15, 0.2) is 109 Å². The minimum absolute atomic E-state index is 0.0611. The molecule has 0 spiro atoms. The van der Waals surface area contributed by atoms with Gasteiger partial charge in [0.15, 0.2) is 6.10 Å². The molecule has 312 valence electrons. The fourth-order valence-electron chi connectivity index (χ4n) is 8.01. The minimum atomic E-state index is -1.09. The number of carbonyl (C=O) groups excluding carboxylic acids is 1. The maximum Gasteiger partial charge on any atom is 0.331 e. The Balaban J connectivity index is 1.28. The highest BCUT2D eigenvalue weighted by atomic mass is 16.6. The van der Waals surface area contributed by atoms with Crippen LogP contribution in [-0.2, 0) is 33.3 Å². The van der Waals surface area contributed by atoms with Gasteiger partial charge >= 0.3 is 11.9 Å². The second-order valence-electron chi connectivity index (χ2n) is 16.2. The molecule has 0 unspecified atom stereocenters. The number of rotatable bonds is 7. The molecule has 6 aliphatic rings. The van der Waals surface area contributed by atoms with Crippen LogP contribution in [0.1, 0.15) is 85.5 Å². The van der Waals surface area contributed by atoms with Crippen molar-refractivity contribution < 1.29 is 48.6 Å². The van der Waals surface area contributed by atoms with Gasteiger partial charge in [-0.3, -0.25) is 4.79 Å². The molecule has 0 radical (unpaired) electrons. The Morgan fingerprint density at radius 2 is 1.53 bits per heavy atom. The molecular formula is C47H64O10. The van der Waals surface area contributed by atoms with Crippen molar-refractivity contribution in [3.63, 3.8) is 0 Å². The number of fused-ring (bicyclic) bond motifs is 13. The van der Waals surface area contributed by atoms with E-state index in [4.69, 9.17) is 28.8 Å². The fraction of sp³-hybridized carbons (Fsp3) is 0.574. The molecule has 6 rings (SSSR count). The first-order valence-corrected chi connectivity index (χ1v) is 20.9. The lowest BCUT2D eigenvalue weighted by atomic mass is 9.90. The third-order valence-electron chi connectivity index (χ3n) is 11.4. The number of aliphatic carboxylic acids is 1. The zero-order chi connectivity index (χ0) is 40.7. The predicted molar refractivity (Wildman–Crippen MR) is 220 cm³/mol. The normalized spacial score (nSPS) is 40.6. The van der Waals surface area contributed by atoms with Crippen molar-refractivity contribution in [2.45, 2.75) is 153 Å². The molecule has 2 saturated heterocycles. The number of unbranched alkanes of at least 4 members (excludes halogenated alkanes) is 1. The van der Waals surface area contributed by atoms with Crippen LogP contribution >= 0.6 is 0 Å². The summed E-state index contributed by atoms with van der Waals surface area (Å²) in [6.07, 6.45) is 33.9. The van der Waals surface area contributed by atoms with E-state index in [0.717, 1.165) is 31.3 Å². The monoisotopic (exact) mass is 788 g/mol. The number of hydrogen-bond donors (Lipinski definition) is 3. The number of carboxylic acid groups (broad SMARTS) is 1. The number of hydrogen-bond acceptors (Lipinski definition) is 9. The van der Waals surface area contributed by atoms with Gasteiger partial charge in [-0.25, -0.2) is 4.79 Å². The average Bonchev–Trinajstić information content (AvgIpc) is 3.53. The maximum absolute atomic E-state index is 13.0. The Kier molecular flexibility index (Phi) is 17.5. The highest BCUT2D eigenvalue weighted by Gasteiger charge is 2.45. The van der Waals surface area contributed by atoms with Gasteiger partial charge < -0.3 is 39.0 Å². The van der Waals surface area contributed by atoms with Gasteiger partial charge in [-0.15, -0.1) is 0 Å². The number of allylic oxidation sites excluding steroid dienone is 7. The molecule has 57 heavy (non-hydrogen) atoms. The first-order chi connectivity index (χ1) is 27.5. The Hall–Kier alpha value is -3.64. The lowest BCUT2D eigenvalue weighted by molar-refractivity contribution is -0.148. The van der Waals surface area contributed by atoms with Gasteiger partial charge in [0.25, 0.3) is 0 Å². The lowest BCUT2D eigenvalue weighted by Crippen LogP contribution is -2.42.